The molecule has 2 aliphatic heterocycles. The molecule has 304 valence electrons. The predicted molar refractivity (Wildman–Crippen MR) is 235 cm³/mol. The molecule has 0 radical (unpaired) electrons. The van der Waals surface area contributed by atoms with Crippen molar-refractivity contribution in [2.75, 3.05) is 24.3 Å². The molecule has 1 aromatic heterocycles. The number of nitrogens with zero attached hydrogens (tertiary/aromatic N) is 4. The fraction of sp³-hybridized carbons (Fsp3) is 0.156. The smallest absolute Gasteiger partial charge is 0.356 e. The number of β-lactam (4-membered cyclic amide) rings is 1. The van der Waals surface area contributed by atoms with Crippen molar-refractivity contribution >= 4 is 75.1 Å². The van der Waals surface area contributed by atoms with Crippen LogP contribution in [0.5, 0.6) is 0 Å². The van der Waals surface area contributed by atoms with Crippen LogP contribution >= 0.6 is 30.6 Å². The highest BCUT2D eigenvalue weighted by molar-refractivity contribution is 8.00. The SMILES string of the molecule is CCON=C(C(=O)NC1C(=O)N2C(C(=O)OC(c3ccccc3)c3ccccc3)=C(C[P+](c3ccccc3)(c3ccccc3)c3ccccc3)CS[C@H]12)c1nsc(N)n1.[Cl-]. The molecule has 2 aliphatic rings. The summed E-state index contributed by atoms with van der Waals surface area (Å²) in [4.78, 5) is 54.2. The number of hydrogen-bond acceptors (Lipinski definition) is 11. The van der Waals surface area contributed by atoms with Gasteiger partial charge in [0.25, 0.3) is 11.8 Å². The number of esters is 1. The van der Waals surface area contributed by atoms with Gasteiger partial charge in [-0.2, -0.15) is 9.36 Å². The minimum absolute atomic E-state index is 0. The minimum atomic E-state index is -2.52. The summed E-state index contributed by atoms with van der Waals surface area (Å²) in [6.07, 6.45) is -0.301. The van der Waals surface area contributed by atoms with Gasteiger partial charge >= 0.3 is 5.97 Å². The molecule has 11 nitrogen and oxygen atoms in total. The van der Waals surface area contributed by atoms with E-state index in [1.54, 1.807) is 6.92 Å². The van der Waals surface area contributed by atoms with E-state index in [2.05, 4.69) is 56.2 Å². The molecule has 0 aliphatic carbocycles. The lowest BCUT2D eigenvalue weighted by atomic mass is 10.0. The number of amides is 2. The van der Waals surface area contributed by atoms with Gasteiger partial charge in [-0.05, 0) is 54.4 Å². The Labute approximate surface area is 363 Å². The summed E-state index contributed by atoms with van der Waals surface area (Å²) < 4.78 is 10.7. The van der Waals surface area contributed by atoms with Crippen LogP contribution in [0.25, 0.3) is 0 Å². The van der Waals surface area contributed by atoms with Crippen molar-refractivity contribution < 1.29 is 36.4 Å². The third kappa shape index (κ3) is 8.44. The Morgan fingerprint density at radius 3 is 1.80 bits per heavy atom. The highest BCUT2D eigenvalue weighted by atomic mass is 35.5. The number of hydrogen-bond donors (Lipinski definition) is 2. The van der Waals surface area contributed by atoms with E-state index in [1.165, 1.54) is 16.7 Å². The number of carbonyl (C=O) groups is 3. The van der Waals surface area contributed by atoms with Gasteiger partial charge in [0.15, 0.2) is 11.2 Å². The van der Waals surface area contributed by atoms with Crippen molar-refractivity contribution in [2.24, 2.45) is 5.16 Å². The van der Waals surface area contributed by atoms with E-state index >= 15 is 4.79 Å². The predicted octanol–water partition coefficient (Wildman–Crippen LogP) is 2.85. The number of benzene rings is 5. The van der Waals surface area contributed by atoms with Crippen LogP contribution in [0, 0.1) is 0 Å². The number of nitrogen functional groups attached to an aromatic ring is 1. The second-order valence-corrected chi connectivity index (χ2v) is 19.1. The molecule has 3 N–H and O–H groups in total. The number of rotatable bonds is 14. The van der Waals surface area contributed by atoms with Crippen molar-refractivity contribution in [1.29, 1.82) is 0 Å². The van der Waals surface area contributed by atoms with Crippen LogP contribution < -0.4 is 39.4 Å². The number of nitrogens with one attached hydrogen (secondary N) is 1. The van der Waals surface area contributed by atoms with Crippen LogP contribution in [0.4, 0.5) is 5.13 Å². The molecular weight excluding hydrogens is 835 g/mol. The average molecular weight is 875 g/mol. The first kappa shape index (κ1) is 42.3. The maximum absolute atomic E-state index is 15.1. The Morgan fingerprint density at radius 1 is 0.833 bits per heavy atom. The van der Waals surface area contributed by atoms with Crippen molar-refractivity contribution in [2.45, 2.75) is 24.4 Å². The number of carbonyl (C=O) groups excluding carboxylic acids is 3. The molecule has 60 heavy (non-hydrogen) atoms. The molecule has 3 heterocycles. The molecule has 1 fully saturated rings. The molecule has 2 amide bonds. The summed E-state index contributed by atoms with van der Waals surface area (Å²) in [7, 11) is -2.52. The molecule has 0 bridgehead atoms. The largest absolute Gasteiger partial charge is 1.00 e. The van der Waals surface area contributed by atoms with Crippen LogP contribution in [0.1, 0.15) is 30.0 Å². The molecule has 2 atom stereocenters. The highest BCUT2D eigenvalue weighted by Gasteiger charge is 2.57. The Hall–Kier alpha value is -5.85. The van der Waals surface area contributed by atoms with Crippen molar-refractivity contribution in [3.05, 3.63) is 180 Å². The van der Waals surface area contributed by atoms with E-state index in [4.69, 9.17) is 15.3 Å². The summed E-state index contributed by atoms with van der Waals surface area (Å²) in [6, 6.07) is 49.3. The number of ether oxygens (including phenoxy) is 1. The summed E-state index contributed by atoms with van der Waals surface area (Å²) in [5.74, 6) is -1.41. The number of nitrogens with two attached hydrogens (primary N) is 1. The van der Waals surface area contributed by atoms with Crippen molar-refractivity contribution in [1.82, 2.24) is 19.6 Å². The number of anilines is 1. The van der Waals surface area contributed by atoms with E-state index in [0.29, 0.717) is 11.9 Å². The minimum Gasteiger partial charge on any atom is -1.00 e. The fourth-order valence-corrected chi connectivity index (χ4v) is 13.7. The standard InChI is InChI=1S/C45H39N6O5PS2.ClH/c1-2-55-49-36(40-48-45(46)59-50-40)41(52)47-37-42(53)51-38(44(54)56-39(30-18-8-3-9-19-30)31-20-10-4-11-21-31)32(29-58-43(37)51)28-57(33-22-12-5-13-23-33,34-24-14-6-15-25-34)35-26-16-7-17-27-35;/h3-27,37,39,43H,2,28-29H2,1H3,(H2-,46,47,48,50,52);1H/t37?,43-;/m1./s1. The molecule has 1 saturated heterocycles. The van der Waals surface area contributed by atoms with Gasteiger partial charge in [0.05, 0.1) is 6.16 Å². The zero-order valence-corrected chi connectivity index (χ0v) is 35.6. The van der Waals surface area contributed by atoms with Crippen LogP contribution in [0.2, 0.25) is 0 Å². The maximum Gasteiger partial charge on any atom is 0.356 e. The summed E-state index contributed by atoms with van der Waals surface area (Å²) in [5.41, 5.74) is 8.15. The Kier molecular flexibility index (Phi) is 13.4. The van der Waals surface area contributed by atoms with Gasteiger partial charge in [0.2, 0.25) is 11.5 Å². The zero-order chi connectivity index (χ0) is 40.8. The average Bonchev–Trinajstić information content (AvgIpc) is 3.73. The molecule has 15 heteroatoms. The Morgan fingerprint density at radius 2 is 1.33 bits per heavy atom. The topological polar surface area (TPSA) is 149 Å². The lowest BCUT2D eigenvalue weighted by Crippen LogP contribution is -3.00. The molecule has 6 aromatic rings. The van der Waals surface area contributed by atoms with Crippen LogP contribution in [0.3, 0.4) is 0 Å². The molecule has 8 rings (SSSR count). The van der Waals surface area contributed by atoms with Gasteiger partial charge in [-0.25, -0.2) is 4.79 Å². The summed E-state index contributed by atoms with van der Waals surface area (Å²) in [5, 5.41) is 9.71. The Balaban J connectivity index is 0.00000544. The van der Waals surface area contributed by atoms with Gasteiger partial charge in [-0.3, -0.25) is 14.5 Å². The van der Waals surface area contributed by atoms with Gasteiger partial charge in [0, 0.05) is 22.9 Å². The lowest BCUT2D eigenvalue weighted by molar-refractivity contribution is -0.154. The van der Waals surface area contributed by atoms with E-state index in [9.17, 15) is 9.59 Å². The molecular formula is C45H40ClN6O5PS2. The number of aromatic nitrogens is 2. The first-order valence-corrected chi connectivity index (χ1v) is 22.8. The third-order valence-electron chi connectivity index (χ3n) is 10.1. The molecule has 1 unspecified atom stereocenters. The van der Waals surface area contributed by atoms with E-state index in [1.807, 2.05) is 115 Å². The van der Waals surface area contributed by atoms with Gasteiger partial charge < -0.3 is 33.0 Å². The van der Waals surface area contributed by atoms with Gasteiger partial charge in [-0.15, -0.1) is 11.8 Å². The van der Waals surface area contributed by atoms with Crippen molar-refractivity contribution in [3.8, 4) is 0 Å². The van der Waals surface area contributed by atoms with Gasteiger partial charge in [0.1, 0.15) is 46.9 Å². The molecule has 0 saturated carbocycles. The lowest BCUT2D eigenvalue weighted by Gasteiger charge is -2.50. The second kappa shape index (κ2) is 19.0. The third-order valence-corrected chi connectivity index (χ3v) is 16.4. The quantitative estimate of drug-likeness (QED) is 0.0555. The number of oxime groups is 1. The zero-order valence-electron chi connectivity index (χ0n) is 32.3. The summed E-state index contributed by atoms with van der Waals surface area (Å²) >= 11 is 2.40. The van der Waals surface area contributed by atoms with Crippen LogP contribution in [-0.4, -0.2) is 67.7 Å². The highest BCUT2D eigenvalue weighted by Crippen LogP contribution is 2.58. The first-order chi connectivity index (χ1) is 28.9. The molecule has 5 aromatic carbocycles. The fourth-order valence-electron chi connectivity index (χ4n) is 7.45. The van der Waals surface area contributed by atoms with E-state index in [0.717, 1.165) is 44.1 Å². The van der Waals surface area contributed by atoms with Crippen molar-refractivity contribution in [3.63, 3.8) is 0 Å². The normalized spacial score (nSPS) is 16.3. The van der Waals surface area contributed by atoms with Crippen LogP contribution in [-0.2, 0) is 24.0 Å². The van der Waals surface area contributed by atoms with E-state index in [-0.39, 0.29) is 41.4 Å². The van der Waals surface area contributed by atoms with Gasteiger partial charge in [-0.1, -0.05) is 120 Å². The second-order valence-electron chi connectivity index (χ2n) is 13.7. The first-order valence-electron chi connectivity index (χ1n) is 19.0. The Bertz CT molecular complexity index is 2360. The number of halogens is 1. The molecule has 0 spiro atoms. The monoisotopic (exact) mass is 874 g/mol. The number of thioether (sulfide) groups is 1. The van der Waals surface area contributed by atoms with Crippen LogP contribution in [0.15, 0.2) is 168 Å². The summed E-state index contributed by atoms with van der Waals surface area (Å²) in [6.45, 7) is 1.92. The van der Waals surface area contributed by atoms with E-state index < -0.39 is 42.6 Å². The maximum atomic E-state index is 15.1. The number of fused-ring (bicyclic) bond motifs is 1.